The third-order valence-corrected chi connectivity index (χ3v) is 3.98. The number of rotatable bonds is 7. The van der Waals surface area contributed by atoms with Gasteiger partial charge in [0.15, 0.2) is 0 Å². The van der Waals surface area contributed by atoms with Crippen LogP contribution in [0.25, 0.3) is 0 Å². The highest BCUT2D eigenvalue weighted by Gasteiger charge is 2.18. The molecule has 0 aliphatic rings. The molecule has 0 fully saturated rings. The Morgan fingerprint density at radius 2 is 2.24 bits per heavy atom. The molecule has 1 atom stereocenters. The van der Waals surface area contributed by atoms with Gasteiger partial charge in [-0.15, -0.1) is 11.3 Å². The van der Waals surface area contributed by atoms with E-state index in [0.29, 0.717) is 5.56 Å². The Balaban J connectivity index is 2.12. The first kappa shape index (κ1) is 15.4. The molecule has 1 amide bonds. The third-order valence-electron chi connectivity index (χ3n) is 3.09. The number of nitrogens with one attached hydrogen (secondary N) is 2. The van der Waals surface area contributed by atoms with Gasteiger partial charge in [0.1, 0.15) is 5.01 Å². The van der Waals surface area contributed by atoms with E-state index in [1.165, 1.54) is 0 Å². The fourth-order valence-electron chi connectivity index (χ4n) is 1.97. The lowest BCUT2D eigenvalue weighted by atomic mass is 10.1. The van der Waals surface area contributed by atoms with Crippen molar-refractivity contribution < 1.29 is 4.79 Å². The molecule has 21 heavy (non-hydrogen) atoms. The van der Waals surface area contributed by atoms with Crippen LogP contribution in [0.5, 0.6) is 0 Å². The average Bonchev–Trinajstić information content (AvgIpc) is 3.04. The number of pyridine rings is 1. The van der Waals surface area contributed by atoms with E-state index in [4.69, 9.17) is 0 Å². The number of carbonyl (C=O) groups excluding carboxylic acids is 1. The highest BCUT2D eigenvalue weighted by atomic mass is 32.1. The quantitative estimate of drug-likeness (QED) is 0.824. The zero-order valence-electron chi connectivity index (χ0n) is 12.3. The van der Waals surface area contributed by atoms with Gasteiger partial charge in [-0.3, -0.25) is 9.78 Å². The van der Waals surface area contributed by atoms with Crippen molar-refractivity contribution in [1.82, 2.24) is 15.3 Å². The van der Waals surface area contributed by atoms with Crippen molar-refractivity contribution in [2.24, 2.45) is 0 Å². The standard InChI is InChI=1S/C15H20N4OS/c1-3-6-17-13-10-16-7-5-11(13)14(20)19-12(4-2)15-18-8-9-21-15/h5,7-10,12,17H,3-4,6H2,1-2H3,(H,19,20). The summed E-state index contributed by atoms with van der Waals surface area (Å²) in [5.41, 5.74) is 1.39. The van der Waals surface area contributed by atoms with E-state index in [0.717, 1.165) is 30.1 Å². The van der Waals surface area contributed by atoms with Crippen molar-refractivity contribution >= 4 is 22.9 Å². The first-order valence-corrected chi connectivity index (χ1v) is 8.02. The summed E-state index contributed by atoms with van der Waals surface area (Å²) in [6.07, 6.45) is 6.88. The molecule has 0 aliphatic carbocycles. The average molecular weight is 304 g/mol. The maximum absolute atomic E-state index is 12.5. The van der Waals surface area contributed by atoms with Gasteiger partial charge in [-0.25, -0.2) is 4.98 Å². The molecule has 112 valence electrons. The zero-order chi connectivity index (χ0) is 15.1. The minimum absolute atomic E-state index is 0.0512. The van der Waals surface area contributed by atoms with E-state index in [9.17, 15) is 4.79 Å². The van der Waals surface area contributed by atoms with Crippen LogP contribution in [0.4, 0.5) is 5.69 Å². The van der Waals surface area contributed by atoms with Crippen molar-refractivity contribution in [2.45, 2.75) is 32.7 Å². The van der Waals surface area contributed by atoms with Crippen LogP contribution in [0, 0.1) is 0 Å². The largest absolute Gasteiger partial charge is 0.383 e. The normalized spacial score (nSPS) is 11.9. The van der Waals surface area contributed by atoms with Gasteiger partial charge in [0.25, 0.3) is 5.91 Å². The smallest absolute Gasteiger partial charge is 0.254 e. The van der Waals surface area contributed by atoms with Crippen LogP contribution >= 0.6 is 11.3 Å². The van der Waals surface area contributed by atoms with E-state index in [1.807, 2.05) is 12.3 Å². The number of anilines is 1. The molecule has 1 unspecified atom stereocenters. The molecule has 2 aromatic rings. The van der Waals surface area contributed by atoms with E-state index < -0.39 is 0 Å². The molecule has 2 rings (SSSR count). The first-order chi connectivity index (χ1) is 10.3. The maximum atomic E-state index is 12.5. The van der Waals surface area contributed by atoms with Gasteiger partial charge in [-0.1, -0.05) is 13.8 Å². The lowest BCUT2D eigenvalue weighted by molar-refractivity contribution is 0.0936. The molecule has 2 N–H and O–H groups in total. The molecule has 0 saturated carbocycles. The second-order valence-corrected chi connectivity index (χ2v) is 5.58. The highest BCUT2D eigenvalue weighted by Crippen LogP contribution is 2.21. The van der Waals surface area contributed by atoms with Crippen LogP contribution < -0.4 is 10.6 Å². The lowest BCUT2D eigenvalue weighted by Crippen LogP contribution is -2.28. The van der Waals surface area contributed by atoms with Crippen molar-refractivity contribution in [1.29, 1.82) is 0 Å². The van der Waals surface area contributed by atoms with Gasteiger partial charge < -0.3 is 10.6 Å². The van der Waals surface area contributed by atoms with Gasteiger partial charge in [0.05, 0.1) is 23.5 Å². The summed E-state index contributed by atoms with van der Waals surface area (Å²) in [5.74, 6) is -0.0990. The molecule has 0 bridgehead atoms. The monoisotopic (exact) mass is 304 g/mol. The Morgan fingerprint density at radius 3 is 2.90 bits per heavy atom. The first-order valence-electron chi connectivity index (χ1n) is 7.14. The van der Waals surface area contributed by atoms with Crippen molar-refractivity contribution in [3.8, 4) is 0 Å². The van der Waals surface area contributed by atoms with Gasteiger partial charge >= 0.3 is 0 Å². The predicted molar refractivity (Wildman–Crippen MR) is 85.6 cm³/mol. The Labute approximate surface area is 128 Å². The molecule has 0 spiro atoms. The fourth-order valence-corrected chi connectivity index (χ4v) is 2.75. The molecule has 0 aliphatic heterocycles. The van der Waals surface area contributed by atoms with Crippen LogP contribution in [0.2, 0.25) is 0 Å². The Kier molecular flexibility index (Phi) is 5.68. The number of aromatic nitrogens is 2. The van der Waals surface area contributed by atoms with Crippen LogP contribution in [0.15, 0.2) is 30.0 Å². The number of nitrogens with zero attached hydrogens (tertiary/aromatic N) is 2. The number of hydrogen-bond donors (Lipinski definition) is 2. The number of amides is 1. The summed E-state index contributed by atoms with van der Waals surface area (Å²) in [5, 5.41) is 9.13. The molecule has 0 saturated heterocycles. The van der Waals surface area contributed by atoms with Gasteiger partial charge in [-0.2, -0.15) is 0 Å². The fraction of sp³-hybridized carbons (Fsp3) is 0.400. The minimum Gasteiger partial charge on any atom is -0.383 e. The molecule has 2 heterocycles. The Hall–Kier alpha value is -1.95. The summed E-state index contributed by atoms with van der Waals surface area (Å²) < 4.78 is 0. The summed E-state index contributed by atoms with van der Waals surface area (Å²) in [6.45, 7) is 4.93. The molecule has 0 aromatic carbocycles. The van der Waals surface area contributed by atoms with Crippen LogP contribution in [-0.2, 0) is 0 Å². The SMILES string of the molecule is CCCNc1cnccc1C(=O)NC(CC)c1nccs1. The summed E-state index contributed by atoms with van der Waals surface area (Å²) in [4.78, 5) is 20.9. The summed E-state index contributed by atoms with van der Waals surface area (Å²) in [6, 6.07) is 1.69. The molecular formula is C15H20N4OS. The van der Waals surface area contributed by atoms with Crippen molar-refractivity contribution in [2.75, 3.05) is 11.9 Å². The van der Waals surface area contributed by atoms with Crippen LogP contribution in [0.3, 0.4) is 0 Å². The topological polar surface area (TPSA) is 66.9 Å². The van der Waals surface area contributed by atoms with Crippen LogP contribution in [0.1, 0.15) is 48.1 Å². The van der Waals surface area contributed by atoms with Gasteiger partial charge in [0.2, 0.25) is 0 Å². The highest BCUT2D eigenvalue weighted by molar-refractivity contribution is 7.09. The van der Waals surface area contributed by atoms with E-state index >= 15 is 0 Å². The zero-order valence-corrected chi connectivity index (χ0v) is 13.1. The second kappa shape index (κ2) is 7.73. The minimum atomic E-state index is -0.0990. The molecule has 5 nitrogen and oxygen atoms in total. The summed E-state index contributed by atoms with van der Waals surface area (Å²) >= 11 is 1.56. The molecule has 6 heteroatoms. The summed E-state index contributed by atoms with van der Waals surface area (Å²) in [7, 11) is 0. The van der Waals surface area contributed by atoms with E-state index in [-0.39, 0.29) is 11.9 Å². The van der Waals surface area contributed by atoms with Crippen molar-refractivity contribution in [3.05, 3.63) is 40.6 Å². The van der Waals surface area contributed by atoms with Crippen molar-refractivity contribution in [3.63, 3.8) is 0 Å². The maximum Gasteiger partial charge on any atom is 0.254 e. The Bertz CT molecular complexity index is 571. The number of thiazole rings is 1. The predicted octanol–water partition coefficient (Wildman–Crippen LogP) is 3.24. The molecular weight excluding hydrogens is 284 g/mol. The second-order valence-electron chi connectivity index (χ2n) is 4.65. The molecule has 0 radical (unpaired) electrons. The van der Waals surface area contributed by atoms with E-state index in [2.05, 4.69) is 27.5 Å². The van der Waals surface area contributed by atoms with Crippen LogP contribution in [-0.4, -0.2) is 22.4 Å². The van der Waals surface area contributed by atoms with E-state index in [1.54, 1.807) is 36.0 Å². The van der Waals surface area contributed by atoms with Gasteiger partial charge in [-0.05, 0) is 18.9 Å². The number of carbonyl (C=O) groups is 1. The number of hydrogen-bond acceptors (Lipinski definition) is 5. The molecule has 2 aromatic heterocycles. The lowest BCUT2D eigenvalue weighted by Gasteiger charge is -2.16. The Morgan fingerprint density at radius 1 is 1.38 bits per heavy atom. The van der Waals surface area contributed by atoms with Gasteiger partial charge in [0, 0.05) is 24.3 Å². The third kappa shape index (κ3) is 4.01.